The van der Waals surface area contributed by atoms with Gasteiger partial charge in [-0.05, 0) is 26.7 Å². The average molecular weight is 294 g/mol. The molecule has 0 aromatic rings. The number of hydrogen-bond donors (Lipinski definition) is 3. The number of carbonyl (C=O) groups excluding carboxylic acids is 1. The molecule has 0 radical (unpaired) electrons. The molecule has 7 nitrogen and oxygen atoms in total. The van der Waals surface area contributed by atoms with Gasteiger partial charge in [0.15, 0.2) is 0 Å². The molecular weight excluding hydrogens is 268 g/mol. The second-order valence-corrected chi connectivity index (χ2v) is 3.71. The number of carboxylic acids is 2. The monoisotopic (exact) mass is 294 g/mol. The molecular formula is C13H26O7. The van der Waals surface area contributed by atoms with Crippen LogP contribution < -0.4 is 0 Å². The molecule has 0 saturated heterocycles. The van der Waals surface area contributed by atoms with Crippen LogP contribution in [0.3, 0.4) is 0 Å². The Kier molecular flexibility index (Phi) is 20.4. The minimum absolute atomic E-state index is 0.0880. The number of aliphatic hydroxyl groups is 1. The molecule has 0 fully saturated rings. The van der Waals surface area contributed by atoms with E-state index in [1.807, 2.05) is 20.8 Å². The largest absolute Gasteiger partial charge is 0.481 e. The first-order valence-corrected chi connectivity index (χ1v) is 6.51. The highest BCUT2D eigenvalue weighted by atomic mass is 16.5. The fourth-order valence-electron chi connectivity index (χ4n) is 0.651. The Morgan fingerprint density at radius 3 is 1.55 bits per heavy atom. The number of carboxylic acid groups (broad SMARTS) is 2. The molecule has 0 bridgehead atoms. The zero-order valence-electron chi connectivity index (χ0n) is 12.6. The normalized spacial score (nSPS) is 10.1. The SMILES string of the molecule is CC(O)C(=O)O.CCCC(=O)O.CCCC(=O)OCC. The summed E-state index contributed by atoms with van der Waals surface area (Å²) in [5, 5.41) is 23.7. The number of hydrogen-bond acceptors (Lipinski definition) is 5. The van der Waals surface area contributed by atoms with Crippen LogP contribution in [0.4, 0.5) is 0 Å². The second kappa shape index (κ2) is 17.4. The van der Waals surface area contributed by atoms with Crippen LogP contribution in [0.5, 0.6) is 0 Å². The van der Waals surface area contributed by atoms with Crippen molar-refractivity contribution in [3.63, 3.8) is 0 Å². The maximum atomic E-state index is 10.4. The van der Waals surface area contributed by atoms with E-state index in [4.69, 9.17) is 15.3 Å². The van der Waals surface area contributed by atoms with Crippen molar-refractivity contribution in [1.29, 1.82) is 0 Å². The molecule has 0 amide bonds. The van der Waals surface area contributed by atoms with Crippen molar-refractivity contribution >= 4 is 17.9 Å². The molecule has 0 heterocycles. The summed E-state index contributed by atoms with van der Waals surface area (Å²) in [5.41, 5.74) is 0. The fourth-order valence-corrected chi connectivity index (χ4v) is 0.651. The summed E-state index contributed by atoms with van der Waals surface area (Å²) in [6, 6.07) is 0. The number of aliphatic hydroxyl groups excluding tert-OH is 1. The van der Waals surface area contributed by atoms with Gasteiger partial charge in [-0.1, -0.05) is 13.8 Å². The highest BCUT2D eigenvalue weighted by Crippen LogP contribution is 1.89. The van der Waals surface area contributed by atoms with Gasteiger partial charge in [-0.2, -0.15) is 0 Å². The van der Waals surface area contributed by atoms with Crippen molar-refractivity contribution in [2.45, 2.75) is 59.5 Å². The van der Waals surface area contributed by atoms with E-state index >= 15 is 0 Å². The predicted octanol–water partition coefficient (Wildman–Crippen LogP) is 1.67. The number of carbonyl (C=O) groups is 3. The Balaban J connectivity index is -0.000000221. The summed E-state index contributed by atoms with van der Waals surface area (Å²) >= 11 is 0. The van der Waals surface area contributed by atoms with Crippen LogP contribution in [0.25, 0.3) is 0 Å². The predicted molar refractivity (Wildman–Crippen MR) is 73.4 cm³/mol. The third-order valence-electron chi connectivity index (χ3n) is 1.58. The van der Waals surface area contributed by atoms with Gasteiger partial charge in [0.2, 0.25) is 0 Å². The number of aliphatic carboxylic acids is 2. The first-order chi connectivity index (χ1) is 9.22. The van der Waals surface area contributed by atoms with Crippen LogP contribution >= 0.6 is 0 Å². The summed E-state index contributed by atoms with van der Waals surface area (Å²) in [6.07, 6.45) is 1.21. The fraction of sp³-hybridized carbons (Fsp3) is 0.769. The molecule has 0 aromatic carbocycles. The quantitative estimate of drug-likeness (QED) is 0.637. The molecule has 0 spiro atoms. The van der Waals surface area contributed by atoms with E-state index < -0.39 is 18.0 Å². The van der Waals surface area contributed by atoms with E-state index in [1.165, 1.54) is 6.92 Å². The number of rotatable bonds is 6. The van der Waals surface area contributed by atoms with E-state index in [0.29, 0.717) is 19.4 Å². The average Bonchev–Trinajstić information content (AvgIpc) is 2.30. The van der Waals surface area contributed by atoms with Gasteiger partial charge in [0.1, 0.15) is 6.10 Å². The van der Waals surface area contributed by atoms with E-state index in [2.05, 4.69) is 4.74 Å². The maximum Gasteiger partial charge on any atom is 0.332 e. The van der Waals surface area contributed by atoms with Crippen LogP contribution in [0, 0.1) is 0 Å². The highest BCUT2D eigenvalue weighted by Gasteiger charge is 2.01. The summed E-state index contributed by atoms with van der Waals surface area (Å²) < 4.78 is 4.64. The van der Waals surface area contributed by atoms with Gasteiger partial charge in [0.05, 0.1) is 6.61 Å². The number of ether oxygens (including phenoxy) is 1. The zero-order chi connectivity index (χ0) is 16.6. The van der Waals surface area contributed by atoms with E-state index in [1.54, 1.807) is 0 Å². The Morgan fingerprint density at radius 1 is 1.00 bits per heavy atom. The maximum absolute atomic E-state index is 10.4. The Bertz CT molecular complexity index is 253. The third-order valence-corrected chi connectivity index (χ3v) is 1.58. The summed E-state index contributed by atoms with van der Waals surface area (Å²) in [7, 11) is 0. The Morgan fingerprint density at radius 2 is 1.40 bits per heavy atom. The molecule has 0 aliphatic carbocycles. The minimum atomic E-state index is -1.23. The lowest BCUT2D eigenvalue weighted by Crippen LogP contribution is -2.13. The van der Waals surface area contributed by atoms with Crippen molar-refractivity contribution in [1.82, 2.24) is 0 Å². The molecule has 0 aromatic heterocycles. The first-order valence-electron chi connectivity index (χ1n) is 6.51. The molecule has 7 heteroatoms. The molecule has 0 aliphatic heterocycles. The Hall–Kier alpha value is -1.63. The second-order valence-electron chi connectivity index (χ2n) is 3.71. The molecule has 20 heavy (non-hydrogen) atoms. The van der Waals surface area contributed by atoms with Gasteiger partial charge >= 0.3 is 17.9 Å². The first kappa shape index (κ1) is 23.5. The van der Waals surface area contributed by atoms with Gasteiger partial charge in [-0.3, -0.25) is 9.59 Å². The third kappa shape index (κ3) is 29.9. The summed E-state index contributed by atoms with van der Waals surface area (Å²) in [6.45, 7) is 7.31. The van der Waals surface area contributed by atoms with E-state index in [9.17, 15) is 14.4 Å². The smallest absolute Gasteiger partial charge is 0.332 e. The lowest BCUT2D eigenvalue weighted by Gasteiger charge is -1.96. The van der Waals surface area contributed by atoms with Gasteiger partial charge in [0.25, 0.3) is 0 Å². The lowest BCUT2D eigenvalue weighted by atomic mass is 10.3. The van der Waals surface area contributed by atoms with Crippen LogP contribution in [-0.4, -0.2) is 45.9 Å². The Labute approximate surface area is 119 Å². The standard InChI is InChI=1S/C6H12O2.C4H8O2.C3H6O3/c1-3-5-6(7)8-4-2;1-2-3-4(5)6;1-2(4)3(5)6/h3-5H2,1-2H3;2-3H2,1H3,(H,5,6);2,4H,1H3,(H,5,6). The molecule has 0 aliphatic rings. The molecule has 1 atom stereocenters. The van der Waals surface area contributed by atoms with Crippen molar-refractivity contribution in [3.8, 4) is 0 Å². The molecule has 3 N–H and O–H groups in total. The van der Waals surface area contributed by atoms with E-state index in [0.717, 1.165) is 12.8 Å². The highest BCUT2D eigenvalue weighted by molar-refractivity contribution is 5.71. The van der Waals surface area contributed by atoms with Crippen molar-refractivity contribution in [2.75, 3.05) is 6.61 Å². The molecule has 120 valence electrons. The minimum Gasteiger partial charge on any atom is -0.481 e. The van der Waals surface area contributed by atoms with Gasteiger partial charge in [-0.25, -0.2) is 4.79 Å². The lowest BCUT2D eigenvalue weighted by molar-refractivity contribution is -0.145. The van der Waals surface area contributed by atoms with Crippen LogP contribution in [0.1, 0.15) is 53.4 Å². The van der Waals surface area contributed by atoms with Crippen LogP contribution in [0.2, 0.25) is 0 Å². The van der Waals surface area contributed by atoms with Crippen molar-refractivity contribution < 1.29 is 34.4 Å². The van der Waals surface area contributed by atoms with Gasteiger partial charge < -0.3 is 20.1 Å². The van der Waals surface area contributed by atoms with Gasteiger partial charge in [-0.15, -0.1) is 0 Å². The van der Waals surface area contributed by atoms with Gasteiger partial charge in [0, 0.05) is 12.8 Å². The van der Waals surface area contributed by atoms with E-state index in [-0.39, 0.29) is 5.97 Å². The zero-order valence-corrected chi connectivity index (χ0v) is 12.6. The number of esters is 1. The van der Waals surface area contributed by atoms with Crippen molar-refractivity contribution in [3.05, 3.63) is 0 Å². The topological polar surface area (TPSA) is 121 Å². The molecule has 0 saturated carbocycles. The summed E-state index contributed by atoms with van der Waals surface area (Å²) in [4.78, 5) is 29.5. The van der Waals surface area contributed by atoms with Crippen LogP contribution in [0.15, 0.2) is 0 Å². The summed E-state index contributed by atoms with van der Waals surface area (Å²) in [5.74, 6) is -1.98. The van der Waals surface area contributed by atoms with Crippen molar-refractivity contribution in [2.24, 2.45) is 0 Å². The molecule has 0 rings (SSSR count). The molecule has 1 unspecified atom stereocenters. The van der Waals surface area contributed by atoms with Crippen LogP contribution in [-0.2, 0) is 19.1 Å².